The van der Waals surface area contributed by atoms with Gasteiger partial charge in [0, 0.05) is 47.7 Å². The van der Waals surface area contributed by atoms with E-state index in [0.29, 0.717) is 5.69 Å². The summed E-state index contributed by atoms with van der Waals surface area (Å²) in [7, 11) is 0. The maximum atomic E-state index is 12.9. The lowest BCUT2D eigenvalue weighted by atomic mass is 10.1. The second-order valence-electron chi connectivity index (χ2n) is 8.23. The van der Waals surface area contributed by atoms with E-state index in [0.717, 1.165) is 45.9 Å². The molecule has 0 saturated heterocycles. The first kappa shape index (κ1) is 23.2. The smallest absolute Gasteiger partial charge is 0.406 e. The second-order valence-corrected chi connectivity index (χ2v) is 8.23. The highest BCUT2D eigenvalue weighted by molar-refractivity contribution is 6.05. The minimum atomic E-state index is -4.84. The van der Waals surface area contributed by atoms with Crippen LogP contribution in [0, 0.1) is 13.8 Å². The van der Waals surface area contributed by atoms with Crippen LogP contribution in [0.25, 0.3) is 22.6 Å². The molecule has 5 aromatic rings. The molecule has 0 bridgehead atoms. The molecule has 7 nitrogen and oxygen atoms in total. The Labute approximate surface area is 203 Å². The standard InChI is InChI=1S/C26H20F3N5O2/c1-16-11-17(2)23(33-9-10-34-24(33)14-22(32-34)19-6-4-8-30-15-19)13-21(16)31-25(35)18-5-3-7-20(12-18)36-26(27,28)29/h3-15H,1-2H3,(H,31,35). The number of nitrogens with one attached hydrogen (secondary N) is 1. The van der Waals surface area contributed by atoms with Crippen molar-refractivity contribution in [2.45, 2.75) is 20.2 Å². The van der Waals surface area contributed by atoms with Crippen LogP contribution in [0.5, 0.6) is 5.75 Å². The minimum Gasteiger partial charge on any atom is -0.406 e. The molecular weight excluding hydrogens is 471 g/mol. The van der Waals surface area contributed by atoms with Gasteiger partial charge in [0.05, 0.1) is 11.4 Å². The van der Waals surface area contributed by atoms with E-state index in [4.69, 9.17) is 0 Å². The van der Waals surface area contributed by atoms with Crippen molar-refractivity contribution in [3.63, 3.8) is 0 Å². The number of carbonyl (C=O) groups is 1. The lowest BCUT2D eigenvalue weighted by Crippen LogP contribution is -2.18. The second kappa shape index (κ2) is 8.88. The van der Waals surface area contributed by atoms with Crippen molar-refractivity contribution in [1.29, 1.82) is 0 Å². The van der Waals surface area contributed by atoms with E-state index in [1.54, 1.807) is 16.9 Å². The fourth-order valence-corrected chi connectivity index (χ4v) is 4.00. The van der Waals surface area contributed by atoms with Crippen LogP contribution >= 0.6 is 0 Å². The number of rotatable bonds is 5. The molecule has 0 spiro atoms. The zero-order chi connectivity index (χ0) is 25.4. The number of alkyl halides is 3. The Balaban J connectivity index is 1.47. The number of aryl methyl sites for hydroxylation is 2. The van der Waals surface area contributed by atoms with E-state index < -0.39 is 18.0 Å². The largest absolute Gasteiger partial charge is 0.573 e. The molecule has 3 heterocycles. The number of imidazole rings is 1. The number of anilines is 1. The van der Waals surface area contributed by atoms with Crippen LogP contribution in [0.1, 0.15) is 21.5 Å². The number of hydrogen-bond donors (Lipinski definition) is 1. The minimum absolute atomic E-state index is 0.0403. The molecule has 1 amide bonds. The summed E-state index contributed by atoms with van der Waals surface area (Å²) < 4.78 is 45.3. The van der Waals surface area contributed by atoms with Gasteiger partial charge in [-0.05, 0) is 61.4 Å². The Kier molecular flexibility index (Phi) is 5.71. The highest BCUT2D eigenvalue weighted by Gasteiger charge is 2.31. The normalized spacial score (nSPS) is 11.6. The van der Waals surface area contributed by atoms with Crippen molar-refractivity contribution in [2.75, 3.05) is 5.32 Å². The van der Waals surface area contributed by atoms with Crippen molar-refractivity contribution in [2.24, 2.45) is 0 Å². The van der Waals surface area contributed by atoms with Crippen molar-refractivity contribution >= 4 is 17.2 Å². The summed E-state index contributed by atoms with van der Waals surface area (Å²) in [4.78, 5) is 17.0. The van der Waals surface area contributed by atoms with Crippen molar-refractivity contribution < 1.29 is 22.7 Å². The van der Waals surface area contributed by atoms with Crippen LogP contribution in [0.3, 0.4) is 0 Å². The molecule has 1 N–H and O–H groups in total. The first-order valence-electron chi connectivity index (χ1n) is 10.9. The predicted octanol–water partition coefficient (Wildman–Crippen LogP) is 5.95. The van der Waals surface area contributed by atoms with E-state index in [1.165, 1.54) is 12.1 Å². The summed E-state index contributed by atoms with van der Waals surface area (Å²) in [6.07, 6.45) is 2.30. The summed E-state index contributed by atoms with van der Waals surface area (Å²) in [5.41, 5.74) is 5.63. The summed E-state index contributed by atoms with van der Waals surface area (Å²) >= 11 is 0. The fourth-order valence-electron chi connectivity index (χ4n) is 4.00. The summed E-state index contributed by atoms with van der Waals surface area (Å²) in [5.74, 6) is -1.02. The van der Waals surface area contributed by atoms with Crippen LogP contribution in [-0.4, -0.2) is 31.4 Å². The molecule has 0 aliphatic rings. The first-order chi connectivity index (χ1) is 17.2. The molecule has 2 aromatic carbocycles. The zero-order valence-electron chi connectivity index (χ0n) is 19.2. The monoisotopic (exact) mass is 491 g/mol. The highest BCUT2D eigenvalue weighted by Crippen LogP contribution is 2.28. The van der Waals surface area contributed by atoms with E-state index in [2.05, 4.69) is 20.1 Å². The Morgan fingerprint density at radius 3 is 2.58 bits per heavy atom. The maximum absolute atomic E-state index is 12.9. The highest BCUT2D eigenvalue weighted by atomic mass is 19.4. The van der Waals surface area contributed by atoms with Gasteiger partial charge in [-0.25, -0.2) is 4.52 Å². The molecule has 0 fully saturated rings. The third kappa shape index (κ3) is 4.65. The number of fused-ring (bicyclic) bond motifs is 1. The molecule has 36 heavy (non-hydrogen) atoms. The van der Waals surface area contributed by atoms with E-state index >= 15 is 0 Å². The summed E-state index contributed by atoms with van der Waals surface area (Å²) in [6.45, 7) is 3.81. The number of carbonyl (C=O) groups excluding carboxylic acids is 1. The van der Waals surface area contributed by atoms with Gasteiger partial charge in [0.15, 0.2) is 0 Å². The number of pyridine rings is 1. The van der Waals surface area contributed by atoms with Crippen LogP contribution in [0.2, 0.25) is 0 Å². The molecule has 0 unspecified atom stereocenters. The van der Waals surface area contributed by atoms with Crippen molar-refractivity contribution in [1.82, 2.24) is 19.2 Å². The lowest BCUT2D eigenvalue weighted by molar-refractivity contribution is -0.274. The lowest BCUT2D eigenvalue weighted by Gasteiger charge is -2.15. The van der Waals surface area contributed by atoms with E-state index in [-0.39, 0.29) is 5.56 Å². The Morgan fingerprint density at radius 1 is 1.00 bits per heavy atom. The molecule has 0 radical (unpaired) electrons. The molecule has 0 atom stereocenters. The zero-order valence-corrected chi connectivity index (χ0v) is 19.2. The molecule has 182 valence electrons. The van der Waals surface area contributed by atoms with Crippen LogP contribution in [0.15, 0.2) is 79.4 Å². The number of hydrogen-bond acceptors (Lipinski definition) is 4. The summed E-state index contributed by atoms with van der Waals surface area (Å²) in [5, 5.41) is 7.42. The molecule has 5 rings (SSSR count). The third-order valence-corrected chi connectivity index (χ3v) is 5.66. The average molecular weight is 491 g/mol. The average Bonchev–Trinajstić information content (AvgIpc) is 3.42. The number of amides is 1. The van der Waals surface area contributed by atoms with E-state index in [9.17, 15) is 18.0 Å². The van der Waals surface area contributed by atoms with Gasteiger partial charge in [0.1, 0.15) is 11.4 Å². The van der Waals surface area contributed by atoms with Crippen LogP contribution < -0.4 is 10.1 Å². The van der Waals surface area contributed by atoms with Gasteiger partial charge in [-0.2, -0.15) is 5.10 Å². The topological polar surface area (TPSA) is 73.5 Å². The van der Waals surface area contributed by atoms with Crippen LogP contribution in [-0.2, 0) is 0 Å². The van der Waals surface area contributed by atoms with Gasteiger partial charge in [0.2, 0.25) is 0 Å². The molecular formula is C26H20F3N5O2. The number of benzene rings is 2. The maximum Gasteiger partial charge on any atom is 0.573 e. The molecule has 10 heteroatoms. The number of nitrogens with zero attached hydrogens (tertiary/aromatic N) is 4. The molecule has 0 aliphatic carbocycles. The SMILES string of the molecule is Cc1cc(C)c(-n2ccn3nc(-c4cccnc4)cc23)cc1NC(=O)c1cccc(OC(F)(F)F)c1. The molecule has 0 aliphatic heterocycles. The number of aromatic nitrogens is 4. The predicted molar refractivity (Wildman–Crippen MR) is 128 cm³/mol. The van der Waals surface area contributed by atoms with Crippen LogP contribution in [0.4, 0.5) is 18.9 Å². The quantitative estimate of drug-likeness (QED) is 0.330. The third-order valence-electron chi connectivity index (χ3n) is 5.66. The van der Waals surface area contributed by atoms with Gasteiger partial charge >= 0.3 is 6.36 Å². The Hall–Kier alpha value is -4.60. The molecule has 0 saturated carbocycles. The fraction of sp³-hybridized carbons (Fsp3) is 0.115. The van der Waals surface area contributed by atoms with Gasteiger partial charge in [0.25, 0.3) is 5.91 Å². The molecule has 3 aromatic heterocycles. The van der Waals surface area contributed by atoms with Crippen molar-refractivity contribution in [3.05, 3.63) is 96.1 Å². The van der Waals surface area contributed by atoms with Gasteiger partial charge in [-0.15, -0.1) is 13.2 Å². The first-order valence-corrected chi connectivity index (χ1v) is 10.9. The van der Waals surface area contributed by atoms with Gasteiger partial charge < -0.3 is 10.1 Å². The van der Waals surface area contributed by atoms with E-state index in [1.807, 2.05) is 61.1 Å². The number of halogens is 3. The summed E-state index contributed by atoms with van der Waals surface area (Å²) in [6, 6.07) is 14.4. The number of ether oxygens (including phenoxy) is 1. The Morgan fingerprint density at radius 2 is 1.83 bits per heavy atom. The van der Waals surface area contributed by atoms with Gasteiger partial charge in [-0.1, -0.05) is 12.1 Å². The van der Waals surface area contributed by atoms with Gasteiger partial charge in [-0.3, -0.25) is 14.3 Å². The Bertz CT molecular complexity index is 1570. The van der Waals surface area contributed by atoms with Crippen molar-refractivity contribution in [3.8, 4) is 22.7 Å².